The summed E-state index contributed by atoms with van der Waals surface area (Å²) in [5.74, 6) is -0.212. The molecule has 5 rings (SSSR count). The largest absolute Gasteiger partial charge is 0.461 e. The van der Waals surface area contributed by atoms with Crippen LogP contribution in [0.1, 0.15) is 26.2 Å². The molecule has 0 radical (unpaired) electrons. The number of fused-ring (bicyclic) bond motifs is 1. The number of nitrogen functional groups attached to an aromatic ring is 1. The molecular formula is C23H28FN6O6P. The highest BCUT2D eigenvalue weighted by molar-refractivity contribution is 7.57. The summed E-state index contributed by atoms with van der Waals surface area (Å²) in [6.07, 6.45) is 2.12. The fourth-order valence-electron chi connectivity index (χ4n) is 3.98. The summed E-state index contributed by atoms with van der Waals surface area (Å²) in [5.41, 5.74) is 6.34. The summed E-state index contributed by atoms with van der Waals surface area (Å²) in [5, 5.41) is 5.74. The highest BCUT2D eigenvalue weighted by Crippen LogP contribution is 2.45. The average Bonchev–Trinajstić information content (AvgIpc) is 3.44. The molecule has 37 heavy (non-hydrogen) atoms. The van der Waals surface area contributed by atoms with Gasteiger partial charge in [-0.05, 0) is 38.3 Å². The molecule has 3 heterocycles. The number of anilines is 3. The monoisotopic (exact) mass is 534 g/mol. The molecule has 0 amide bonds. The SMILES string of the molecule is C[C@H](NP(=O)(CO[C@@H]1C=C(F)[C@H](N2CNc3c(N)ncnc32)O1)Oc1ccccc1)C(=O)OC1CCC1. The minimum absolute atomic E-state index is 0.120. The van der Waals surface area contributed by atoms with Gasteiger partial charge in [0.2, 0.25) is 0 Å². The first-order valence-corrected chi connectivity index (χ1v) is 13.7. The molecule has 3 aliphatic rings. The van der Waals surface area contributed by atoms with E-state index in [4.69, 9.17) is 24.5 Å². The van der Waals surface area contributed by atoms with Crippen molar-refractivity contribution in [1.82, 2.24) is 15.1 Å². The number of aromatic nitrogens is 2. The Morgan fingerprint density at radius 3 is 2.86 bits per heavy atom. The number of hydrogen-bond donors (Lipinski definition) is 3. The van der Waals surface area contributed by atoms with Gasteiger partial charge in [-0.25, -0.2) is 19.4 Å². The Kier molecular flexibility index (Phi) is 7.29. The summed E-state index contributed by atoms with van der Waals surface area (Å²) >= 11 is 0. The third-order valence-corrected chi connectivity index (χ3v) is 7.89. The summed E-state index contributed by atoms with van der Waals surface area (Å²) in [4.78, 5) is 22.1. The first-order chi connectivity index (χ1) is 17.8. The van der Waals surface area contributed by atoms with Crippen molar-refractivity contribution in [2.45, 2.75) is 50.8 Å². The van der Waals surface area contributed by atoms with E-state index in [9.17, 15) is 13.8 Å². The Bertz CT molecular complexity index is 1220. The second kappa shape index (κ2) is 10.6. The molecule has 14 heteroatoms. The molecule has 4 atom stereocenters. The van der Waals surface area contributed by atoms with E-state index in [1.807, 2.05) is 0 Å². The van der Waals surface area contributed by atoms with Crippen molar-refractivity contribution in [2.75, 3.05) is 29.0 Å². The number of carbonyl (C=O) groups is 1. The van der Waals surface area contributed by atoms with Gasteiger partial charge in [0.15, 0.2) is 36.3 Å². The van der Waals surface area contributed by atoms with Gasteiger partial charge in [0.1, 0.15) is 29.9 Å². The van der Waals surface area contributed by atoms with Gasteiger partial charge in [0.05, 0.1) is 6.67 Å². The van der Waals surface area contributed by atoms with Gasteiger partial charge in [0, 0.05) is 6.08 Å². The lowest BCUT2D eigenvalue weighted by Crippen LogP contribution is -2.39. The molecule has 2 aliphatic heterocycles. The van der Waals surface area contributed by atoms with Crippen LogP contribution in [0.25, 0.3) is 0 Å². The molecule has 4 N–H and O–H groups in total. The second-order valence-corrected chi connectivity index (χ2v) is 10.9. The zero-order valence-corrected chi connectivity index (χ0v) is 21.0. The van der Waals surface area contributed by atoms with E-state index in [0.29, 0.717) is 17.3 Å². The number of para-hydroxylation sites is 1. The lowest BCUT2D eigenvalue weighted by atomic mass is 9.96. The van der Waals surface area contributed by atoms with Crippen LogP contribution in [-0.4, -0.2) is 53.6 Å². The predicted octanol–water partition coefficient (Wildman–Crippen LogP) is 3.10. The third kappa shape index (κ3) is 5.69. The number of nitrogens with one attached hydrogen (secondary N) is 2. The number of carbonyl (C=O) groups excluding carboxylic acids is 1. The second-order valence-electron chi connectivity index (χ2n) is 8.88. The molecule has 12 nitrogen and oxygen atoms in total. The quantitative estimate of drug-likeness (QED) is 0.304. The topological polar surface area (TPSA) is 150 Å². The Balaban J connectivity index is 1.24. The number of hydrogen-bond acceptors (Lipinski definition) is 11. The Labute approximate surface area is 212 Å². The van der Waals surface area contributed by atoms with Gasteiger partial charge >= 0.3 is 13.5 Å². The molecule has 198 valence electrons. The van der Waals surface area contributed by atoms with Crippen molar-refractivity contribution < 1.29 is 32.5 Å². The van der Waals surface area contributed by atoms with Crippen LogP contribution in [0.3, 0.4) is 0 Å². The lowest BCUT2D eigenvalue weighted by molar-refractivity contribution is -0.154. The average molecular weight is 534 g/mol. The molecule has 0 saturated heterocycles. The maximum atomic E-state index is 14.9. The molecule has 1 unspecified atom stereocenters. The molecule has 1 aromatic carbocycles. The fourth-order valence-corrected chi connectivity index (χ4v) is 5.66. The minimum Gasteiger partial charge on any atom is -0.461 e. The van der Waals surface area contributed by atoms with Gasteiger partial charge in [0.25, 0.3) is 0 Å². The highest BCUT2D eigenvalue weighted by atomic mass is 31.2. The van der Waals surface area contributed by atoms with Crippen LogP contribution in [0.5, 0.6) is 5.75 Å². The summed E-state index contributed by atoms with van der Waals surface area (Å²) in [6.45, 7) is 1.73. The van der Waals surface area contributed by atoms with Gasteiger partial charge in [-0.1, -0.05) is 18.2 Å². The van der Waals surface area contributed by atoms with Crippen LogP contribution in [0.4, 0.5) is 21.7 Å². The standard InChI is InChI=1S/C23H28FN6O6P/c1-14(23(31)34-15-8-5-9-15)29-37(32,36-16-6-3-2-4-7-16)13-33-18-10-17(24)22(35-18)30-12-28-19-20(25)26-11-27-21(19)30/h2-4,6-7,10-11,14-15,18,22,28H,5,8-9,12-13H2,1H3,(H,29,32)(H2,25,26,27)/t14-,18-,22+,37?/m0/s1. The van der Waals surface area contributed by atoms with Crippen LogP contribution in [0.15, 0.2) is 48.6 Å². The van der Waals surface area contributed by atoms with Crippen molar-refractivity contribution in [3.8, 4) is 5.75 Å². The summed E-state index contributed by atoms with van der Waals surface area (Å²) in [7, 11) is -3.83. The highest BCUT2D eigenvalue weighted by Gasteiger charge is 2.40. The normalized spacial score (nSPS) is 23.3. The van der Waals surface area contributed by atoms with E-state index in [1.165, 1.54) is 18.2 Å². The van der Waals surface area contributed by atoms with E-state index in [2.05, 4.69) is 20.4 Å². The van der Waals surface area contributed by atoms with Crippen LogP contribution in [-0.2, 0) is 23.6 Å². The zero-order chi connectivity index (χ0) is 26.0. The van der Waals surface area contributed by atoms with Crippen molar-refractivity contribution >= 4 is 30.8 Å². The van der Waals surface area contributed by atoms with E-state index >= 15 is 0 Å². The van der Waals surface area contributed by atoms with Crippen LogP contribution < -0.4 is 25.6 Å². The third-order valence-electron chi connectivity index (χ3n) is 6.12. The minimum atomic E-state index is -3.83. The van der Waals surface area contributed by atoms with E-state index in [0.717, 1.165) is 25.3 Å². The number of halogens is 1. The van der Waals surface area contributed by atoms with Crippen molar-refractivity contribution in [2.24, 2.45) is 0 Å². The number of benzene rings is 1. The number of rotatable bonds is 10. The number of nitrogens with zero attached hydrogens (tertiary/aromatic N) is 3. The smallest absolute Gasteiger partial charge is 0.342 e. The van der Waals surface area contributed by atoms with E-state index in [1.54, 1.807) is 30.3 Å². The molecule has 1 aliphatic carbocycles. The number of nitrogens with two attached hydrogens (primary N) is 1. The van der Waals surface area contributed by atoms with Gasteiger partial charge in [-0.3, -0.25) is 9.36 Å². The van der Waals surface area contributed by atoms with Crippen molar-refractivity contribution in [1.29, 1.82) is 0 Å². The Hall–Kier alpha value is -3.25. The molecule has 1 fully saturated rings. The van der Waals surface area contributed by atoms with Crippen LogP contribution in [0, 0.1) is 0 Å². The Morgan fingerprint density at radius 1 is 1.35 bits per heavy atom. The fraction of sp³-hybridized carbons (Fsp3) is 0.435. The van der Waals surface area contributed by atoms with Crippen molar-refractivity contribution in [3.05, 3.63) is 48.6 Å². The maximum Gasteiger partial charge on any atom is 0.342 e. The molecule has 0 bridgehead atoms. The van der Waals surface area contributed by atoms with Crippen molar-refractivity contribution in [3.63, 3.8) is 0 Å². The van der Waals surface area contributed by atoms with Crippen LogP contribution in [0.2, 0.25) is 0 Å². The molecule has 0 spiro atoms. The maximum absolute atomic E-state index is 14.9. The predicted molar refractivity (Wildman–Crippen MR) is 132 cm³/mol. The lowest BCUT2D eigenvalue weighted by Gasteiger charge is -2.29. The number of esters is 1. The van der Waals surface area contributed by atoms with E-state index < -0.39 is 44.2 Å². The first kappa shape index (κ1) is 25.4. The summed E-state index contributed by atoms with van der Waals surface area (Å²) in [6, 6.07) is 7.54. The van der Waals surface area contributed by atoms with Gasteiger partial charge in [-0.2, -0.15) is 0 Å². The molecule has 1 aromatic heterocycles. The zero-order valence-electron chi connectivity index (χ0n) is 20.1. The van der Waals surface area contributed by atoms with E-state index in [-0.39, 0.29) is 18.6 Å². The van der Waals surface area contributed by atoms with Gasteiger partial charge < -0.3 is 34.7 Å². The van der Waals surface area contributed by atoms with Crippen LogP contribution >= 0.6 is 7.52 Å². The van der Waals surface area contributed by atoms with Gasteiger partial charge in [-0.15, -0.1) is 0 Å². The first-order valence-electron chi connectivity index (χ1n) is 11.9. The molecule has 2 aromatic rings. The Morgan fingerprint density at radius 2 is 2.14 bits per heavy atom. The molecule has 1 saturated carbocycles. The number of ether oxygens (including phenoxy) is 3. The summed E-state index contributed by atoms with van der Waals surface area (Å²) < 4.78 is 51.1. The molecular weight excluding hydrogens is 506 g/mol.